The van der Waals surface area contributed by atoms with E-state index in [4.69, 9.17) is 4.74 Å². The molecule has 0 spiro atoms. The first kappa shape index (κ1) is 24.0. The van der Waals surface area contributed by atoms with Crippen molar-refractivity contribution in [1.82, 2.24) is 9.80 Å². The highest BCUT2D eigenvalue weighted by Gasteiger charge is 2.36. The topological polar surface area (TPSA) is 82.6 Å². The number of rotatable bonds is 5. The first-order chi connectivity index (χ1) is 14.8. The monoisotopic (exact) mass is 459 g/mol. The van der Waals surface area contributed by atoms with E-state index >= 15 is 0 Å². The van der Waals surface area contributed by atoms with Crippen LogP contribution in [0.3, 0.4) is 0 Å². The summed E-state index contributed by atoms with van der Waals surface area (Å²) in [5.74, 6) is -0.447. The van der Waals surface area contributed by atoms with Crippen LogP contribution in [-0.2, 0) is 4.79 Å². The number of carbonyl (C=O) groups is 2. The number of hydrogen-bond acceptors (Lipinski definition) is 5. The third-order valence-corrected chi connectivity index (χ3v) is 5.60. The van der Waals surface area contributed by atoms with Gasteiger partial charge in [-0.05, 0) is 45.7 Å². The number of amides is 2. The number of ether oxygens (including phenoxy) is 2. The van der Waals surface area contributed by atoms with Crippen LogP contribution in [-0.4, -0.2) is 77.6 Å². The molecule has 0 saturated carbocycles. The highest BCUT2D eigenvalue weighted by atomic mass is 19.4. The second kappa shape index (κ2) is 9.05. The number of anilines is 1. The molecule has 2 aliphatic rings. The molecule has 0 atom stereocenters. The number of halogens is 3. The summed E-state index contributed by atoms with van der Waals surface area (Å²) in [6.45, 7) is 7.51. The SMILES string of the molecule is CC(C)(C)N(C(=O)O)C1CCN(CCN2C(=O)COc3ccc(OC(F)(F)F)cc32)CC1. The van der Waals surface area contributed by atoms with Gasteiger partial charge in [-0.3, -0.25) is 4.79 Å². The predicted molar refractivity (Wildman–Crippen MR) is 110 cm³/mol. The molecular formula is C21H28F3N3O5. The number of fused-ring (bicyclic) bond motifs is 1. The molecule has 8 nitrogen and oxygen atoms in total. The first-order valence-corrected chi connectivity index (χ1v) is 10.4. The smallest absolute Gasteiger partial charge is 0.482 e. The van der Waals surface area contributed by atoms with Crippen LogP contribution in [0.5, 0.6) is 11.5 Å². The number of benzene rings is 1. The summed E-state index contributed by atoms with van der Waals surface area (Å²) in [4.78, 5) is 29.1. The van der Waals surface area contributed by atoms with Crippen molar-refractivity contribution >= 4 is 17.7 Å². The van der Waals surface area contributed by atoms with Crippen molar-refractivity contribution in [3.63, 3.8) is 0 Å². The summed E-state index contributed by atoms with van der Waals surface area (Å²) in [6, 6.07) is 3.57. The molecule has 32 heavy (non-hydrogen) atoms. The second-order valence-corrected chi connectivity index (χ2v) is 8.91. The van der Waals surface area contributed by atoms with Crippen molar-refractivity contribution in [1.29, 1.82) is 0 Å². The van der Waals surface area contributed by atoms with Gasteiger partial charge in [0, 0.05) is 43.8 Å². The van der Waals surface area contributed by atoms with Crippen LogP contribution in [0.4, 0.5) is 23.7 Å². The fourth-order valence-corrected chi connectivity index (χ4v) is 4.26. The summed E-state index contributed by atoms with van der Waals surface area (Å²) in [7, 11) is 0. The third-order valence-electron chi connectivity index (χ3n) is 5.60. The largest absolute Gasteiger partial charge is 0.573 e. The summed E-state index contributed by atoms with van der Waals surface area (Å²) < 4.78 is 47.0. The number of nitrogens with zero attached hydrogens (tertiary/aromatic N) is 3. The van der Waals surface area contributed by atoms with E-state index in [-0.39, 0.29) is 30.8 Å². The van der Waals surface area contributed by atoms with Gasteiger partial charge in [-0.25, -0.2) is 4.79 Å². The molecular weight excluding hydrogens is 431 g/mol. The average Bonchev–Trinajstić information content (AvgIpc) is 2.66. The number of carbonyl (C=O) groups excluding carboxylic acids is 1. The van der Waals surface area contributed by atoms with Gasteiger partial charge in [0.05, 0.1) is 5.69 Å². The number of carboxylic acid groups (broad SMARTS) is 1. The number of hydrogen-bond donors (Lipinski definition) is 1. The van der Waals surface area contributed by atoms with E-state index in [1.165, 1.54) is 15.9 Å². The summed E-state index contributed by atoms with van der Waals surface area (Å²) in [6.07, 6.45) is -4.44. The summed E-state index contributed by atoms with van der Waals surface area (Å²) >= 11 is 0. The van der Waals surface area contributed by atoms with Gasteiger partial charge in [-0.1, -0.05) is 0 Å². The lowest BCUT2D eigenvalue weighted by Crippen LogP contribution is -2.55. The second-order valence-electron chi connectivity index (χ2n) is 8.91. The van der Waals surface area contributed by atoms with Crippen LogP contribution >= 0.6 is 0 Å². The Kier molecular flexibility index (Phi) is 6.77. The van der Waals surface area contributed by atoms with Crippen LogP contribution < -0.4 is 14.4 Å². The van der Waals surface area contributed by atoms with Gasteiger partial charge in [0.25, 0.3) is 5.91 Å². The number of alkyl halides is 3. The molecule has 0 aromatic heterocycles. The molecule has 1 aromatic rings. The van der Waals surface area contributed by atoms with Crippen LogP contribution in [0.25, 0.3) is 0 Å². The predicted octanol–water partition coefficient (Wildman–Crippen LogP) is 3.55. The molecule has 2 aliphatic heterocycles. The molecule has 0 bridgehead atoms. The molecule has 0 unspecified atom stereocenters. The molecule has 2 heterocycles. The zero-order valence-corrected chi connectivity index (χ0v) is 18.3. The third kappa shape index (κ3) is 5.76. The molecule has 2 amide bonds. The Morgan fingerprint density at radius 2 is 1.88 bits per heavy atom. The number of piperidine rings is 1. The Hall–Kier alpha value is -2.69. The van der Waals surface area contributed by atoms with Crippen molar-refractivity contribution in [2.45, 2.75) is 51.6 Å². The molecule has 1 fully saturated rings. The summed E-state index contributed by atoms with van der Waals surface area (Å²) in [5, 5.41) is 9.59. The van der Waals surface area contributed by atoms with Crippen molar-refractivity contribution in [2.24, 2.45) is 0 Å². The zero-order chi connectivity index (χ0) is 23.7. The van der Waals surface area contributed by atoms with Gasteiger partial charge in [0.2, 0.25) is 0 Å². The van der Waals surface area contributed by atoms with Crippen molar-refractivity contribution in [3.05, 3.63) is 18.2 Å². The summed E-state index contributed by atoms with van der Waals surface area (Å²) in [5.41, 5.74) is -0.263. The van der Waals surface area contributed by atoms with Gasteiger partial charge in [0.1, 0.15) is 11.5 Å². The highest BCUT2D eigenvalue weighted by molar-refractivity contribution is 5.98. The van der Waals surface area contributed by atoms with Crippen molar-refractivity contribution in [2.75, 3.05) is 37.7 Å². The van der Waals surface area contributed by atoms with Gasteiger partial charge < -0.3 is 29.3 Å². The van der Waals surface area contributed by atoms with Crippen molar-refractivity contribution in [3.8, 4) is 11.5 Å². The molecule has 11 heteroatoms. The lowest BCUT2D eigenvalue weighted by atomic mass is 9.97. The van der Waals surface area contributed by atoms with E-state index < -0.39 is 23.7 Å². The Bertz CT molecular complexity index is 848. The molecule has 3 rings (SSSR count). The molecule has 1 saturated heterocycles. The Morgan fingerprint density at radius 3 is 2.44 bits per heavy atom. The lowest BCUT2D eigenvalue weighted by Gasteiger charge is -2.43. The standard InChI is InChI=1S/C21H28F3N3O5/c1-20(2,3)27(19(29)30)14-6-8-25(9-7-14)10-11-26-16-12-15(32-21(22,23)24)4-5-17(16)31-13-18(26)28/h4-5,12,14H,6-11,13H2,1-3H3,(H,29,30). The van der Waals surface area contributed by atoms with Crippen LogP contribution in [0.1, 0.15) is 33.6 Å². The first-order valence-electron chi connectivity index (χ1n) is 10.4. The van der Waals surface area contributed by atoms with E-state index in [1.54, 1.807) is 0 Å². The fraction of sp³-hybridized carbons (Fsp3) is 0.619. The molecule has 178 valence electrons. The Labute approximate surface area is 184 Å². The van der Waals surface area contributed by atoms with E-state index in [0.29, 0.717) is 38.2 Å². The molecule has 1 N–H and O–H groups in total. The molecule has 0 radical (unpaired) electrons. The average molecular weight is 459 g/mol. The number of likely N-dealkylation sites (tertiary alicyclic amines) is 1. The van der Waals surface area contributed by atoms with Crippen molar-refractivity contribution < 1.29 is 37.3 Å². The van der Waals surface area contributed by atoms with Crippen LogP contribution in [0.15, 0.2) is 18.2 Å². The van der Waals surface area contributed by atoms with E-state index in [0.717, 1.165) is 12.1 Å². The minimum atomic E-state index is -4.83. The maximum atomic E-state index is 12.6. The molecule has 1 aromatic carbocycles. The zero-order valence-electron chi connectivity index (χ0n) is 18.3. The van der Waals surface area contributed by atoms with Gasteiger partial charge in [-0.15, -0.1) is 13.2 Å². The van der Waals surface area contributed by atoms with E-state index in [1.807, 2.05) is 20.8 Å². The minimum Gasteiger partial charge on any atom is -0.482 e. The molecule has 0 aliphatic carbocycles. The van der Waals surface area contributed by atoms with E-state index in [9.17, 15) is 27.9 Å². The quantitative estimate of drug-likeness (QED) is 0.725. The maximum Gasteiger partial charge on any atom is 0.573 e. The Morgan fingerprint density at radius 1 is 1.22 bits per heavy atom. The van der Waals surface area contributed by atoms with Gasteiger partial charge in [0.15, 0.2) is 6.61 Å². The van der Waals surface area contributed by atoms with E-state index in [2.05, 4.69) is 9.64 Å². The Balaban J connectivity index is 1.63. The van der Waals surface area contributed by atoms with Crippen LogP contribution in [0.2, 0.25) is 0 Å². The maximum absolute atomic E-state index is 12.6. The fourth-order valence-electron chi connectivity index (χ4n) is 4.26. The normalized spacial score (nSPS) is 18.2. The lowest BCUT2D eigenvalue weighted by molar-refractivity contribution is -0.274. The van der Waals surface area contributed by atoms with Gasteiger partial charge >= 0.3 is 12.5 Å². The highest BCUT2D eigenvalue weighted by Crippen LogP contribution is 2.37. The minimum absolute atomic E-state index is 0.0865. The van der Waals surface area contributed by atoms with Gasteiger partial charge in [-0.2, -0.15) is 0 Å². The van der Waals surface area contributed by atoms with Crippen LogP contribution in [0, 0.1) is 0 Å².